The van der Waals surface area contributed by atoms with Crippen LogP contribution in [0.25, 0.3) is 17.3 Å². The van der Waals surface area contributed by atoms with Crippen LogP contribution in [0.5, 0.6) is 11.5 Å². The molecular weight excluding hydrogens is 659 g/mol. The van der Waals surface area contributed by atoms with Gasteiger partial charge in [0.15, 0.2) is 5.76 Å². The van der Waals surface area contributed by atoms with E-state index in [0.29, 0.717) is 39.2 Å². The fourth-order valence-corrected chi connectivity index (χ4v) is 7.50. The number of rotatable bonds is 12. The Morgan fingerprint density at radius 1 is 1.09 bits per heavy atom. The predicted molar refractivity (Wildman–Crippen MR) is 170 cm³/mol. The first-order valence-corrected chi connectivity index (χ1v) is 19.6. The SMILES string of the molecule is COc1cccc(OC)c1-n1c(-c2ccc(C)o2)nnc1N(CC[Si](C)(C)C)S(=O)(=O)[C@@H](C)[C@@H](O)c1ccc(Br)cc1F. The largest absolute Gasteiger partial charge is 0.494 e. The number of benzene rings is 2. The Bertz CT molecular complexity index is 1680. The number of aromatic nitrogens is 3. The van der Waals surface area contributed by atoms with Gasteiger partial charge >= 0.3 is 0 Å². The van der Waals surface area contributed by atoms with Crippen LogP contribution in [0.4, 0.5) is 10.3 Å². The van der Waals surface area contributed by atoms with Crippen LogP contribution in [-0.4, -0.2) is 62.4 Å². The van der Waals surface area contributed by atoms with Crippen molar-refractivity contribution in [1.29, 1.82) is 0 Å². The Balaban J connectivity index is 1.97. The van der Waals surface area contributed by atoms with Crippen LogP contribution in [0, 0.1) is 12.7 Å². The number of sulfonamides is 1. The van der Waals surface area contributed by atoms with Crippen molar-refractivity contribution in [2.75, 3.05) is 25.1 Å². The molecule has 10 nitrogen and oxygen atoms in total. The Labute approximate surface area is 260 Å². The zero-order chi connectivity index (χ0) is 31.7. The second-order valence-electron chi connectivity index (χ2n) is 11.3. The molecule has 0 saturated heterocycles. The van der Waals surface area contributed by atoms with Gasteiger partial charge in [-0.25, -0.2) is 17.1 Å². The highest BCUT2D eigenvalue weighted by Gasteiger charge is 2.40. The second-order valence-corrected chi connectivity index (χ2v) is 20.1. The molecule has 0 fully saturated rings. The number of aryl methyl sites for hydroxylation is 1. The summed E-state index contributed by atoms with van der Waals surface area (Å²) < 4.78 is 64.2. The summed E-state index contributed by atoms with van der Waals surface area (Å²) in [5.41, 5.74) is 0.223. The quantitative estimate of drug-likeness (QED) is 0.170. The maximum Gasteiger partial charge on any atom is 0.246 e. The van der Waals surface area contributed by atoms with Crippen molar-refractivity contribution in [3.8, 4) is 28.8 Å². The highest BCUT2D eigenvalue weighted by atomic mass is 79.9. The zero-order valence-electron chi connectivity index (χ0n) is 25.1. The standard InChI is InChI=1S/C29H36BrFN4O6SSi/c1-18-11-14-25(41-18)28-32-33-29(35(28)26-23(39-3)9-8-10-24(26)40-4)34(15-16-43(5,6)7)42(37,38)19(2)27(36)21-13-12-20(30)17-22(21)31/h8-14,17,19,27,36H,15-16H2,1-7H3/t19-,27+/m0/s1. The Morgan fingerprint density at radius 3 is 2.28 bits per heavy atom. The lowest BCUT2D eigenvalue weighted by Gasteiger charge is -2.31. The van der Waals surface area contributed by atoms with Crippen LogP contribution in [0.1, 0.15) is 24.4 Å². The van der Waals surface area contributed by atoms with E-state index in [2.05, 4.69) is 45.8 Å². The van der Waals surface area contributed by atoms with E-state index in [-0.39, 0.29) is 23.9 Å². The molecule has 2 heterocycles. The molecule has 2 atom stereocenters. The summed E-state index contributed by atoms with van der Waals surface area (Å²) in [5, 5.41) is 18.5. The van der Waals surface area contributed by atoms with Crippen molar-refractivity contribution in [3.63, 3.8) is 0 Å². The normalized spacial score (nSPS) is 13.5. The van der Waals surface area contributed by atoms with E-state index in [1.807, 2.05) is 0 Å². The van der Waals surface area contributed by atoms with E-state index in [4.69, 9.17) is 13.9 Å². The third-order valence-corrected chi connectivity index (χ3v) is 11.4. The van der Waals surface area contributed by atoms with E-state index in [0.717, 1.165) is 4.31 Å². The molecule has 0 aliphatic rings. The minimum absolute atomic E-state index is 0.0463. The minimum atomic E-state index is -4.39. The first-order chi connectivity index (χ1) is 20.2. The molecule has 2 aromatic carbocycles. The molecule has 4 aromatic rings. The predicted octanol–water partition coefficient (Wildman–Crippen LogP) is 6.35. The number of hydrogen-bond donors (Lipinski definition) is 1. The number of para-hydroxylation sites is 1. The van der Waals surface area contributed by atoms with Crippen LogP contribution in [-0.2, 0) is 10.0 Å². The minimum Gasteiger partial charge on any atom is -0.494 e. The van der Waals surface area contributed by atoms with Crippen LogP contribution in [0.2, 0.25) is 25.7 Å². The third kappa shape index (κ3) is 6.81. The molecule has 232 valence electrons. The van der Waals surface area contributed by atoms with Gasteiger partial charge in [-0.05, 0) is 56.3 Å². The fourth-order valence-electron chi connectivity index (χ4n) is 4.55. The van der Waals surface area contributed by atoms with E-state index >= 15 is 0 Å². The van der Waals surface area contributed by atoms with Crippen LogP contribution in [0.15, 0.2) is 57.4 Å². The molecule has 0 spiro atoms. The number of ether oxygens (including phenoxy) is 2. The Kier molecular flexibility index (Phi) is 9.74. The van der Waals surface area contributed by atoms with E-state index < -0.39 is 35.3 Å². The molecular formula is C29H36BrFN4O6SSi. The van der Waals surface area contributed by atoms with Gasteiger partial charge in [-0.2, -0.15) is 0 Å². The fraction of sp³-hybridized carbons (Fsp3) is 0.379. The van der Waals surface area contributed by atoms with Gasteiger partial charge in [-0.3, -0.25) is 4.57 Å². The molecule has 0 radical (unpaired) electrons. The number of anilines is 1. The van der Waals surface area contributed by atoms with Gasteiger partial charge in [0.05, 0.1) is 14.2 Å². The monoisotopic (exact) mass is 694 g/mol. The molecule has 0 unspecified atom stereocenters. The van der Waals surface area contributed by atoms with Gasteiger partial charge in [0.2, 0.25) is 21.8 Å². The topological polar surface area (TPSA) is 120 Å². The second kappa shape index (κ2) is 12.8. The molecule has 1 N–H and O–H groups in total. The number of halogens is 2. The van der Waals surface area contributed by atoms with Crippen molar-refractivity contribution in [1.82, 2.24) is 14.8 Å². The van der Waals surface area contributed by atoms with E-state index in [1.165, 1.54) is 37.8 Å². The molecule has 0 amide bonds. The van der Waals surface area contributed by atoms with Crippen molar-refractivity contribution in [3.05, 3.63) is 70.1 Å². The summed E-state index contributed by atoms with van der Waals surface area (Å²) in [6.07, 6.45) is -1.67. The van der Waals surface area contributed by atoms with E-state index in [9.17, 15) is 17.9 Å². The van der Waals surface area contributed by atoms with Gasteiger partial charge in [0.1, 0.15) is 40.1 Å². The van der Waals surface area contributed by atoms with Gasteiger partial charge in [0.25, 0.3) is 0 Å². The molecule has 43 heavy (non-hydrogen) atoms. The summed E-state index contributed by atoms with van der Waals surface area (Å²) in [4.78, 5) is 0. The van der Waals surface area contributed by atoms with Gasteiger partial charge in [0, 0.05) is 24.7 Å². The first kappa shape index (κ1) is 32.7. The van der Waals surface area contributed by atoms with Gasteiger partial charge in [-0.15, -0.1) is 10.2 Å². The average molecular weight is 696 g/mol. The summed E-state index contributed by atoms with van der Waals surface area (Å²) in [7, 11) is -3.23. The van der Waals surface area contributed by atoms with Gasteiger partial charge in [-0.1, -0.05) is 47.7 Å². The summed E-state index contributed by atoms with van der Waals surface area (Å²) in [5.74, 6) is 1.14. The maximum absolute atomic E-state index is 14.9. The van der Waals surface area contributed by atoms with Crippen molar-refractivity contribution >= 4 is 40.0 Å². The molecule has 0 aliphatic heterocycles. The van der Waals surface area contributed by atoms with Crippen molar-refractivity contribution in [2.45, 2.75) is 50.9 Å². The summed E-state index contributed by atoms with van der Waals surface area (Å²) >= 11 is 3.20. The maximum atomic E-state index is 14.9. The lowest BCUT2D eigenvalue weighted by molar-refractivity contribution is 0.171. The molecule has 0 saturated carbocycles. The van der Waals surface area contributed by atoms with Crippen LogP contribution in [0.3, 0.4) is 0 Å². The summed E-state index contributed by atoms with van der Waals surface area (Å²) in [6, 6.07) is 13.3. The molecule has 2 aromatic heterocycles. The molecule has 0 aliphatic carbocycles. The number of aliphatic hydroxyl groups is 1. The number of nitrogens with zero attached hydrogens (tertiary/aromatic N) is 4. The Morgan fingerprint density at radius 2 is 1.74 bits per heavy atom. The van der Waals surface area contributed by atoms with Crippen LogP contribution < -0.4 is 13.8 Å². The highest BCUT2D eigenvalue weighted by Crippen LogP contribution is 2.40. The summed E-state index contributed by atoms with van der Waals surface area (Å²) in [6.45, 7) is 9.55. The number of methoxy groups -OCH3 is 2. The average Bonchev–Trinajstić information content (AvgIpc) is 3.57. The lowest BCUT2D eigenvalue weighted by atomic mass is 10.1. The Hall–Kier alpha value is -3.20. The third-order valence-electron chi connectivity index (χ3n) is 7.02. The lowest BCUT2D eigenvalue weighted by Crippen LogP contribution is -2.44. The van der Waals surface area contributed by atoms with E-state index in [1.54, 1.807) is 43.3 Å². The molecule has 4 rings (SSSR count). The molecule has 14 heteroatoms. The van der Waals surface area contributed by atoms with Crippen molar-refractivity contribution in [2.24, 2.45) is 0 Å². The van der Waals surface area contributed by atoms with Crippen LogP contribution >= 0.6 is 15.9 Å². The zero-order valence-corrected chi connectivity index (χ0v) is 28.5. The highest BCUT2D eigenvalue weighted by molar-refractivity contribution is 9.10. The molecule has 0 bridgehead atoms. The number of furan rings is 1. The first-order valence-electron chi connectivity index (χ1n) is 13.6. The smallest absolute Gasteiger partial charge is 0.246 e. The number of aliphatic hydroxyl groups excluding tert-OH is 1. The number of hydrogen-bond acceptors (Lipinski definition) is 8. The van der Waals surface area contributed by atoms with Gasteiger partial charge < -0.3 is 19.0 Å². The van der Waals surface area contributed by atoms with Crippen molar-refractivity contribution < 1.29 is 31.8 Å².